The lowest BCUT2D eigenvalue weighted by atomic mass is 9.81. The van der Waals surface area contributed by atoms with Crippen molar-refractivity contribution in [2.24, 2.45) is 29.4 Å². The lowest BCUT2D eigenvalue weighted by Gasteiger charge is -2.30. The maximum absolute atomic E-state index is 13.0. The van der Waals surface area contributed by atoms with Crippen LogP contribution in [-0.2, 0) is 20.7 Å². The summed E-state index contributed by atoms with van der Waals surface area (Å²) in [5, 5.41) is 14.1. The molecular weight excluding hydrogens is 496 g/mol. The first-order valence-corrected chi connectivity index (χ1v) is 14.8. The minimum atomic E-state index is -0.758. The van der Waals surface area contributed by atoms with Crippen molar-refractivity contribution in [1.82, 2.24) is 5.32 Å². The number of ether oxygens (including phenoxy) is 4. The molecule has 1 aromatic carbocycles. The summed E-state index contributed by atoms with van der Waals surface area (Å²) in [6.07, 6.45) is 5.16. The number of carbonyl (C=O) groups excluding carboxylic acids is 1. The molecule has 1 aromatic rings. The molecule has 8 nitrogen and oxygen atoms in total. The molecule has 1 aliphatic heterocycles. The number of carbonyl (C=O) groups is 1. The molecule has 224 valence electrons. The Morgan fingerprint density at radius 3 is 2.49 bits per heavy atom. The van der Waals surface area contributed by atoms with Gasteiger partial charge in [0, 0.05) is 45.2 Å². The van der Waals surface area contributed by atoms with Crippen LogP contribution in [-0.4, -0.2) is 69.8 Å². The minimum Gasteiger partial charge on any atom is -0.493 e. The zero-order valence-electron chi connectivity index (χ0n) is 25.1. The molecule has 1 fully saturated rings. The van der Waals surface area contributed by atoms with Crippen molar-refractivity contribution < 1.29 is 28.8 Å². The van der Waals surface area contributed by atoms with Gasteiger partial charge < -0.3 is 35.1 Å². The number of aliphatic hydroxyl groups excluding tert-OH is 1. The predicted molar refractivity (Wildman–Crippen MR) is 155 cm³/mol. The van der Waals surface area contributed by atoms with E-state index in [1.54, 1.807) is 14.2 Å². The number of nitrogens with one attached hydrogen (secondary N) is 1. The third-order valence-corrected chi connectivity index (χ3v) is 7.90. The Morgan fingerprint density at radius 2 is 1.87 bits per heavy atom. The molecule has 8 heteroatoms. The summed E-state index contributed by atoms with van der Waals surface area (Å²) in [7, 11) is 3.32. The summed E-state index contributed by atoms with van der Waals surface area (Å²) in [6, 6.07) is 5.62. The number of nitrogens with two attached hydrogens (primary N) is 1. The molecule has 5 atom stereocenters. The Kier molecular flexibility index (Phi) is 15.2. The number of benzene rings is 1. The number of rotatable bonds is 18. The first-order chi connectivity index (χ1) is 18.7. The van der Waals surface area contributed by atoms with Gasteiger partial charge >= 0.3 is 0 Å². The predicted octanol–water partition coefficient (Wildman–Crippen LogP) is 4.35. The molecule has 0 radical (unpaired) electrons. The van der Waals surface area contributed by atoms with Gasteiger partial charge in [-0.15, -0.1) is 0 Å². The fourth-order valence-corrected chi connectivity index (χ4v) is 5.18. The van der Waals surface area contributed by atoms with Crippen molar-refractivity contribution in [2.45, 2.75) is 90.9 Å². The number of aliphatic hydroxyl groups is 1. The van der Waals surface area contributed by atoms with Crippen LogP contribution in [0.1, 0.15) is 71.8 Å². The Morgan fingerprint density at radius 1 is 1.10 bits per heavy atom. The molecule has 4 unspecified atom stereocenters. The average Bonchev–Trinajstić information content (AvgIpc) is 2.92. The Bertz CT molecular complexity index is 827. The second-order valence-electron chi connectivity index (χ2n) is 11.7. The normalized spacial score (nSPS) is 19.0. The third-order valence-electron chi connectivity index (χ3n) is 7.90. The second kappa shape index (κ2) is 17.7. The molecule has 1 amide bonds. The van der Waals surface area contributed by atoms with Crippen molar-refractivity contribution in [3.63, 3.8) is 0 Å². The maximum Gasteiger partial charge on any atom is 0.223 e. The summed E-state index contributed by atoms with van der Waals surface area (Å²) in [5.74, 6) is 1.84. The van der Waals surface area contributed by atoms with Gasteiger partial charge in [-0.2, -0.15) is 0 Å². The molecule has 0 saturated carbocycles. The van der Waals surface area contributed by atoms with Crippen LogP contribution in [0.5, 0.6) is 11.5 Å². The van der Waals surface area contributed by atoms with E-state index >= 15 is 0 Å². The molecule has 0 aromatic heterocycles. The molecule has 0 spiro atoms. The van der Waals surface area contributed by atoms with Gasteiger partial charge in [0.15, 0.2) is 11.5 Å². The van der Waals surface area contributed by atoms with Gasteiger partial charge in [0.1, 0.15) is 0 Å². The zero-order chi connectivity index (χ0) is 28.8. The van der Waals surface area contributed by atoms with Crippen LogP contribution in [0.4, 0.5) is 0 Å². The number of hydrogen-bond acceptors (Lipinski definition) is 7. The highest BCUT2D eigenvalue weighted by molar-refractivity contribution is 5.78. The standard InChI is InChI=1S/C31H54N2O6/c1-21(2)24(16-23-11-12-29(37-6)30(17-23)39-15-9-13-36-5)18-27(32)28(34)19-26(22(3)4)31(35)33-20-25-10-7-8-14-38-25/h11-12,17,21-22,24-28,34H,7-10,13-16,18-20,32H2,1-6H3,(H,33,35)/t24?,25-,26?,27?,28?/m0/s1. The molecule has 39 heavy (non-hydrogen) atoms. The summed E-state index contributed by atoms with van der Waals surface area (Å²) >= 11 is 0. The quantitative estimate of drug-likeness (QED) is 0.233. The Balaban J connectivity index is 1.97. The zero-order valence-corrected chi connectivity index (χ0v) is 25.1. The van der Waals surface area contributed by atoms with Crippen LogP contribution in [0, 0.1) is 23.7 Å². The highest BCUT2D eigenvalue weighted by Gasteiger charge is 2.30. The van der Waals surface area contributed by atoms with E-state index in [0.29, 0.717) is 44.3 Å². The van der Waals surface area contributed by atoms with Gasteiger partial charge in [-0.1, -0.05) is 33.8 Å². The Labute approximate surface area is 236 Å². The summed E-state index contributed by atoms with van der Waals surface area (Å²) in [4.78, 5) is 13.0. The number of amides is 1. The summed E-state index contributed by atoms with van der Waals surface area (Å²) in [5.41, 5.74) is 7.70. The van der Waals surface area contributed by atoms with Gasteiger partial charge in [-0.3, -0.25) is 4.79 Å². The van der Waals surface area contributed by atoms with E-state index in [-0.39, 0.29) is 29.8 Å². The lowest BCUT2D eigenvalue weighted by molar-refractivity contribution is -0.128. The highest BCUT2D eigenvalue weighted by atomic mass is 16.5. The second-order valence-corrected chi connectivity index (χ2v) is 11.7. The van der Waals surface area contributed by atoms with E-state index in [1.165, 1.54) is 0 Å². The molecule has 0 bridgehead atoms. The molecule has 0 aliphatic carbocycles. The minimum absolute atomic E-state index is 0.0258. The van der Waals surface area contributed by atoms with Gasteiger partial charge in [0.05, 0.1) is 25.9 Å². The fraction of sp³-hybridized carbons (Fsp3) is 0.774. The molecule has 4 N–H and O–H groups in total. The van der Waals surface area contributed by atoms with Gasteiger partial charge in [-0.05, 0) is 74.0 Å². The highest BCUT2D eigenvalue weighted by Crippen LogP contribution is 2.32. The van der Waals surface area contributed by atoms with Crippen molar-refractivity contribution in [2.75, 3.05) is 40.6 Å². The fourth-order valence-electron chi connectivity index (χ4n) is 5.18. The smallest absolute Gasteiger partial charge is 0.223 e. The van der Waals surface area contributed by atoms with E-state index in [1.807, 2.05) is 26.0 Å². The van der Waals surface area contributed by atoms with Crippen LogP contribution in [0.25, 0.3) is 0 Å². The average molecular weight is 551 g/mol. The number of hydrogen-bond donors (Lipinski definition) is 3. The van der Waals surface area contributed by atoms with Gasteiger partial charge in [0.2, 0.25) is 5.91 Å². The molecule has 1 saturated heterocycles. The van der Waals surface area contributed by atoms with Crippen molar-refractivity contribution in [3.8, 4) is 11.5 Å². The third kappa shape index (κ3) is 11.6. The maximum atomic E-state index is 13.0. The van der Waals surface area contributed by atoms with Crippen LogP contribution >= 0.6 is 0 Å². The Hall–Kier alpha value is -1.87. The van der Waals surface area contributed by atoms with E-state index in [2.05, 4.69) is 25.2 Å². The SMILES string of the molecule is COCCCOc1cc(CC(CC(N)C(O)CC(C(=O)NC[C@@H]2CCCCO2)C(C)C)C(C)C)ccc1OC. The van der Waals surface area contributed by atoms with Crippen LogP contribution < -0.4 is 20.5 Å². The molecule has 1 aliphatic rings. The van der Waals surface area contributed by atoms with Gasteiger partial charge in [-0.25, -0.2) is 0 Å². The first kappa shape index (κ1) is 33.3. The van der Waals surface area contributed by atoms with Crippen LogP contribution in [0.15, 0.2) is 18.2 Å². The van der Waals surface area contributed by atoms with Crippen molar-refractivity contribution in [1.29, 1.82) is 0 Å². The summed E-state index contributed by atoms with van der Waals surface area (Å²) < 4.78 is 22.3. The molecular formula is C31H54N2O6. The lowest BCUT2D eigenvalue weighted by Crippen LogP contribution is -2.44. The molecule has 1 heterocycles. The van der Waals surface area contributed by atoms with Gasteiger partial charge in [0.25, 0.3) is 0 Å². The first-order valence-electron chi connectivity index (χ1n) is 14.8. The van der Waals surface area contributed by atoms with Crippen LogP contribution in [0.3, 0.4) is 0 Å². The van der Waals surface area contributed by atoms with E-state index in [9.17, 15) is 9.90 Å². The summed E-state index contributed by atoms with van der Waals surface area (Å²) in [6.45, 7) is 10.9. The van der Waals surface area contributed by atoms with E-state index in [4.69, 9.17) is 24.7 Å². The van der Waals surface area contributed by atoms with E-state index < -0.39 is 12.1 Å². The van der Waals surface area contributed by atoms with Crippen LogP contribution in [0.2, 0.25) is 0 Å². The molecule has 2 rings (SSSR count). The van der Waals surface area contributed by atoms with Crippen molar-refractivity contribution in [3.05, 3.63) is 23.8 Å². The topological polar surface area (TPSA) is 112 Å². The van der Waals surface area contributed by atoms with E-state index in [0.717, 1.165) is 50.0 Å². The monoisotopic (exact) mass is 550 g/mol. The van der Waals surface area contributed by atoms with Crippen molar-refractivity contribution >= 4 is 5.91 Å². The number of methoxy groups -OCH3 is 2. The largest absolute Gasteiger partial charge is 0.493 e.